The molecule has 0 saturated carbocycles. The quantitative estimate of drug-likeness (QED) is 0.726. The summed E-state index contributed by atoms with van der Waals surface area (Å²) in [4.78, 5) is 8.89. The van der Waals surface area contributed by atoms with Crippen molar-refractivity contribution < 1.29 is 8.42 Å². The fourth-order valence-corrected chi connectivity index (χ4v) is 4.66. The maximum Gasteiger partial charge on any atom is 0.150 e. The summed E-state index contributed by atoms with van der Waals surface area (Å²) in [6.45, 7) is 0. The fourth-order valence-electron chi connectivity index (χ4n) is 3.19. The Kier molecular flexibility index (Phi) is 3.41. The van der Waals surface area contributed by atoms with Crippen molar-refractivity contribution >= 4 is 20.7 Å². The smallest absolute Gasteiger partial charge is 0.150 e. The minimum atomic E-state index is -2.86. The van der Waals surface area contributed by atoms with Gasteiger partial charge in [0, 0.05) is 35.6 Å². The van der Waals surface area contributed by atoms with E-state index in [4.69, 9.17) is 0 Å². The number of sulfone groups is 1. The molecule has 5 nitrogen and oxygen atoms in total. The van der Waals surface area contributed by atoms with Crippen molar-refractivity contribution in [3.05, 3.63) is 48.9 Å². The van der Waals surface area contributed by atoms with Gasteiger partial charge < -0.3 is 4.57 Å². The molecule has 0 unspecified atom stereocenters. The van der Waals surface area contributed by atoms with E-state index in [1.807, 2.05) is 36.5 Å². The van der Waals surface area contributed by atoms with Gasteiger partial charge in [0.2, 0.25) is 0 Å². The van der Waals surface area contributed by atoms with Gasteiger partial charge >= 0.3 is 0 Å². The first-order valence-corrected chi connectivity index (χ1v) is 9.53. The summed E-state index contributed by atoms with van der Waals surface area (Å²) in [5, 5.41) is 1.10. The van der Waals surface area contributed by atoms with Gasteiger partial charge in [0.25, 0.3) is 0 Å². The lowest BCUT2D eigenvalue weighted by atomic mass is 10.1. The third kappa shape index (κ3) is 2.74. The van der Waals surface area contributed by atoms with E-state index < -0.39 is 9.84 Å². The van der Waals surface area contributed by atoms with Gasteiger partial charge in [-0.1, -0.05) is 18.2 Å². The number of pyridine rings is 1. The van der Waals surface area contributed by atoms with Gasteiger partial charge in [0.1, 0.15) is 15.7 Å². The van der Waals surface area contributed by atoms with E-state index in [0.29, 0.717) is 12.8 Å². The molecule has 3 aromatic rings. The molecule has 118 valence electrons. The summed E-state index contributed by atoms with van der Waals surface area (Å²) in [5.74, 6) is 1.39. The van der Waals surface area contributed by atoms with Crippen LogP contribution in [0.2, 0.25) is 0 Å². The number of aromatic nitrogens is 3. The summed E-state index contributed by atoms with van der Waals surface area (Å²) in [6, 6.07) is 10.3. The van der Waals surface area contributed by atoms with Gasteiger partial charge in [-0.15, -0.1) is 0 Å². The molecular formula is C17H17N3O2S. The van der Waals surface area contributed by atoms with E-state index >= 15 is 0 Å². The highest BCUT2D eigenvalue weighted by molar-refractivity contribution is 7.91. The van der Waals surface area contributed by atoms with Crippen molar-refractivity contribution in [3.8, 4) is 11.4 Å². The molecule has 1 aliphatic rings. The summed E-state index contributed by atoms with van der Waals surface area (Å²) >= 11 is 0. The van der Waals surface area contributed by atoms with Gasteiger partial charge in [0.05, 0.1) is 17.0 Å². The summed E-state index contributed by atoms with van der Waals surface area (Å²) in [7, 11) is -2.86. The lowest BCUT2D eigenvalue weighted by molar-refractivity contribution is 0.453. The van der Waals surface area contributed by atoms with Crippen molar-refractivity contribution in [3.63, 3.8) is 0 Å². The highest BCUT2D eigenvalue weighted by Crippen LogP contribution is 2.30. The van der Waals surface area contributed by atoms with Crippen LogP contribution < -0.4 is 0 Å². The van der Waals surface area contributed by atoms with Crippen LogP contribution in [0.4, 0.5) is 0 Å². The summed E-state index contributed by atoms with van der Waals surface area (Å²) in [6.07, 6.45) is 6.81. The standard InChI is InChI=1S/C17H17N3O2S/c21-23(22)10-5-15(6-11-23)20-9-8-19-17(20)14-4-3-13-2-1-7-18-16(13)12-14/h1-4,7-9,12,15H,5-6,10-11H2. The molecule has 0 atom stereocenters. The molecule has 1 aromatic carbocycles. The second kappa shape index (κ2) is 5.45. The number of imidazole rings is 1. The highest BCUT2D eigenvalue weighted by atomic mass is 32.2. The Labute approximate surface area is 134 Å². The molecular weight excluding hydrogens is 310 g/mol. The molecule has 6 heteroatoms. The van der Waals surface area contributed by atoms with Gasteiger partial charge in [0.15, 0.2) is 0 Å². The molecule has 4 rings (SSSR count). The number of rotatable bonds is 2. The van der Waals surface area contributed by atoms with Gasteiger partial charge in [-0.3, -0.25) is 4.98 Å². The summed E-state index contributed by atoms with van der Waals surface area (Å²) < 4.78 is 25.4. The maximum atomic E-state index is 11.6. The zero-order valence-electron chi connectivity index (χ0n) is 12.6. The van der Waals surface area contributed by atoms with Crippen LogP contribution in [0.5, 0.6) is 0 Å². The van der Waals surface area contributed by atoms with Crippen LogP contribution >= 0.6 is 0 Å². The predicted molar refractivity (Wildman–Crippen MR) is 89.9 cm³/mol. The largest absolute Gasteiger partial charge is 0.328 e. The molecule has 1 fully saturated rings. The van der Waals surface area contributed by atoms with Crippen LogP contribution in [-0.4, -0.2) is 34.5 Å². The number of hydrogen-bond acceptors (Lipinski definition) is 4. The normalized spacial score (nSPS) is 18.3. The summed E-state index contributed by atoms with van der Waals surface area (Å²) in [5.41, 5.74) is 1.94. The molecule has 0 spiro atoms. The Morgan fingerprint density at radius 2 is 1.87 bits per heavy atom. The van der Waals surface area contributed by atoms with Crippen molar-refractivity contribution in [2.45, 2.75) is 18.9 Å². The molecule has 0 bridgehead atoms. The Balaban J connectivity index is 1.71. The highest BCUT2D eigenvalue weighted by Gasteiger charge is 2.26. The number of fused-ring (bicyclic) bond motifs is 1. The molecule has 0 radical (unpaired) electrons. The number of nitrogens with zero attached hydrogens (tertiary/aromatic N) is 3. The van der Waals surface area contributed by atoms with Gasteiger partial charge in [-0.2, -0.15) is 0 Å². The van der Waals surface area contributed by atoms with Crippen LogP contribution in [0.25, 0.3) is 22.3 Å². The molecule has 3 heterocycles. The molecule has 1 saturated heterocycles. The van der Waals surface area contributed by atoms with Crippen LogP contribution in [-0.2, 0) is 9.84 Å². The average molecular weight is 327 g/mol. The number of hydrogen-bond donors (Lipinski definition) is 0. The third-order valence-electron chi connectivity index (χ3n) is 4.45. The average Bonchev–Trinajstić information content (AvgIpc) is 3.04. The third-order valence-corrected chi connectivity index (χ3v) is 6.17. The Morgan fingerprint density at radius 1 is 1.04 bits per heavy atom. The van der Waals surface area contributed by atoms with Crippen molar-refractivity contribution in [2.24, 2.45) is 0 Å². The maximum absolute atomic E-state index is 11.6. The first-order valence-electron chi connectivity index (χ1n) is 7.71. The lowest BCUT2D eigenvalue weighted by Gasteiger charge is -2.25. The first-order chi connectivity index (χ1) is 11.1. The van der Waals surface area contributed by atoms with Crippen LogP contribution in [0, 0.1) is 0 Å². The molecule has 0 N–H and O–H groups in total. The van der Waals surface area contributed by atoms with Crippen LogP contribution in [0.1, 0.15) is 18.9 Å². The van der Waals surface area contributed by atoms with E-state index in [0.717, 1.165) is 22.3 Å². The van der Waals surface area contributed by atoms with E-state index in [-0.39, 0.29) is 17.5 Å². The van der Waals surface area contributed by atoms with Crippen molar-refractivity contribution in [1.82, 2.24) is 14.5 Å². The lowest BCUT2D eigenvalue weighted by Crippen LogP contribution is -2.25. The Hall–Kier alpha value is -2.21. The molecule has 1 aliphatic heterocycles. The van der Waals surface area contributed by atoms with Crippen LogP contribution in [0.3, 0.4) is 0 Å². The molecule has 23 heavy (non-hydrogen) atoms. The molecule has 0 amide bonds. The van der Waals surface area contributed by atoms with Crippen molar-refractivity contribution in [2.75, 3.05) is 11.5 Å². The Morgan fingerprint density at radius 3 is 2.70 bits per heavy atom. The minimum absolute atomic E-state index is 0.190. The SMILES string of the molecule is O=S1(=O)CCC(n2ccnc2-c2ccc3cccnc3c2)CC1. The van der Waals surface area contributed by atoms with Crippen molar-refractivity contribution in [1.29, 1.82) is 0 Å². The molecule has 0 aliphatic carbocycles. The van der Waals surface area contributed by atoms with E-state index in [9.17, 15) is 8.42 Å². The second-order valence-corrected chi connectivity index (χ2v) is 8.26. The van der Waals surface area contributed by atoms with E-state index in [1.165, 1.54) is 0 Å². The van der Waals surface area contributed by atoms with E-state index in [2.05, 4.69) is 14.5 Å². The molecule has 2 aromatic heterocycles. The zero-order valence-corrected chi connectivity index (χ0v) is 13.4. The monoisotopic (exact) mass is 327 g/mol. The predicted octanol–water partition coefficient (Wildman–Crippen LogP) is 2.85. The zero-order chi connectivity index (χ0) is 15.9. The fraction of sp³-hybridized carbons (Fsp3) is 0.294. The second-order valence-electron chi connectivity index (χ2n) is 5.95. The number of benzene rings is 1. The van der Waals surface area contributed by atoms with E-state index in [1.54, 1.807) is 12.4 Å². The Bertz CT molecular complexity index is 949. The van der Waals surface area contributed by atoms with Gasteiger partial charge in [-0.05, 0) is 25.0 Å². The first kappa shape index (κ1) is 14.4. The van der Waals surface area contributed by atoms with Gasteiger partial charge in [-0.25, -0.2) is 13.4 Å². The topological polar surface area (TPSA) is 64.8 Å². The minimum Gasteiger partial charge on any atom is -0.328 e. The van der Waals surface area contributed by atoms with Crippen LogP contribution in [0.15, 0.2) is 48.9 Å².